The molecule has 20 heavy (non-hydrogen) atoms. The lowest BCUT2D eigenvalue weighted by Crippen LogP contribution is -2.32. The standard InChI is InChI=1S/C15H18N2O2S/c1-11-4-5-14(13-3-2-8-16-15(11)13)17-12-6-9-20(18,19)10-7-12/h2-5,8,12,17H,6-7,9-10H2,1H3. The van der Waals surface area contributed by atoms with Crippen LogP contribution < -0.4 is 5.32 Å². The van der Waals surface area contributed by atoms with E-state index in [1.165, 1.54) is 0 Å². The molecule has 0 radical (unpaired) electrons. The van der Waals surface area contributed by atoms with Crippen molar-refractivity contribution in [2.45, 2.75) is 25.8 Å². The molecule has 1 N–H and O–H groups in total. The first-order chi connectivity index (χ1) is 9.55. The smallest absolute Gasteiger partial charge is 0.150 e. The maximum Gasteiger partial charge on any atom is 0.150 e. The van der Waals surface area contributed by atoms with Gasteiger partial charge in [-0.25, -0.2) is 8.42 Å². The zero-order valence-electron chi connectivity index (χ0n) is 11.5. The van der Waals surface area contributed by atoms with Gasteiger partial charge in [0, 0.05) is 23.3 Å². The Morgan fingerprint density at radius 3 is 2.70 bits per heavy atom. The molecule has 0 saturated carbocycles. The Bertz CT molecular complexity index is 727. The lowest BCUT2D eigenvalue weighted by Gasteiger charge is -2.24. The number of pyridine rings is 1. The molecule has 0 unspecified atom stereocenters. The van der Waals surface area contributed by atoms with Gasteiger partial charge in [0.1, 0.15) is 9.84 Å². The van der Waals surface area contributed by atoms with Crippen LogP contribution in [0.1, 0.15) is 18.4 Å². The molecule has 106 valence electrons. The molecule has 4 nitrogen and oxygen atoms in total. The first-order valence-corrected chi connectivity index (χ1v) is 8.69. The fourth-order valence-electron chi connectivity index (χ4n) is 2.69. The number of hydrogen-bond donors (Lipinski definition) is 1. The van der Waals surface area contributed by atoms with Crippen molar-refractivity contribution in [1.29, 1.82) is 0 Å². The molecule has 0 atom stereocenters. The normalized spacial score (nSPS) is 19.1. The van der Waals surface area contributed by atoms with Gasteiger partial charge in [0.05, 0.1) is 17.0 Å². The highest BCUT2D eigenvalue weighted by atomic mass is 32.2. The number of benzene rings is 1. The van der Waals surface area contributed by atoms with Crippen molar-refractivity contribution < 1.29 is 8.42 Å². The van der Waals surface area contributed by atoms with Crippen LogP contribution in [-0.4, -0.2) is 30.9 Å². The van der Waals surface area contributed by atoms with Gasteiger partial charge in [-0.15, -0.1) is 0 Å². The molecule has 1 aliphatic rings. The Morgan fingerprint density at radius 1 is 1.20 bits per heavy atom. The van der Waals surface area contributed by atoms with Crippen molar-refractivity contribution in [3.05, 3.63) is 36.0 Å². The number of rotatable bonds is 2. The lowest BCUT2D eigenvalue weighted by molar-refractivity contribution is 0.560. The quantitative estimate of drug-likeness (QED) is 0.923. The molecule has 1 aliphatic heterocycles. The maximum absolute atomic E-state index is 11.5. The van der Waals surface area contributed by atoms with Gasteiger partial charge in [-0.3, -0.25) is 4.98 Å². The summed E-state index contributed by atoms with van der Waals surface area (Å²) in [6.45, 7) is 2.05. The average molecular weight is 290 g/mol. The van der Waals surface area contributed by atoms with Gasteiger partial charge < -0.3 is 5.32 Å². The highest BCUT2D eigenvalue weighted by Gasteiger charge is 2.23. The minimum Gasteiger partial charge on any atom is -0.382 e. The number of fused-ring (bicyclic) bond motifs is 1. The molecule has 0 amide bonds. The molecule has 5 heteroatoms. The number of aryl methyl sites for hydroxylation is 1. The summed E-state index contributed by atoms with van der Waals surface area (Å²) in [7, 11) is -2.81. The Kier molecular flexibility index (Phi) is 3.38. The molecule has 0 bridgehead atoms. The SMILES string of the molecule is Cc1ccc(NC2CCS(=O)(=O)CC2)c2cccnc12. The number of hydrogen-bond acceptors (Lipinski definition) is 4. The van der Waals surface area contributed by atoms with Crippen LogP contribution in [0.5, 0.6) is 0 Å². The predicted octanol–water partition coefficient (Wildman–Crippen LogP) is 2.53. The highest BCUT2D eigenvalue weighted by molar-refractivity contribution is 7.91. The van der Waals surface area contributed by atoms with E-state index in [1.54, 1.807) is 6.20 Å². The van der Waals surface area contributed by atoms with Crippen LogP contribution in [0, 0.1) is 6.92 Å². The molecule has 0 spiro atoms. The average Bonchev–Trinajstić information content (AvgIpc) is 2.44. The van der Waals surface area contributed by atoms with Gasteiger partial charge in [-0.05, 0) is 43.5 Å². The van der Waals surface area contributed by atoms with Crippen molar-refractivity contribution in [2.24, 2.45) is 0 Å². The Hall–Kier alpha value is -1.62. The monoisotopic (exact) mass is 290 g/mol. The second kappa shape index (κ2) is 5.05. The van der Waals surface area contributed by atoms with Gasteiger partial charge in [-0.2, -0.15) is 0 Å². The van der Waals surface area contributed by atoms with E-state index < -0.39 is 9.84 Å². The first kappa shape index (κ1) is 13.4. The summed E-state index contributed by atoms with van der Waals surface area (Å²) in [5.74, 6) is 0.569. The molecule has 1 aromatic heterocycles. The number of anilines is 1. The fraction of sp³-hybridized carbons (Fsp3) is 0.400. The van der Waals surface area contributed by atoms with E-state index in [1.807, 2.05) is 13.0 Å². The van der Waals surface area contributed by atoms with E-state index in [4.69, 9.17) is 0 Å². The second-order valence-electron chi connectivity index (χ2n) is 5.40. The van der Waals surface area contributed by atoms with Crippen LogP contribution in [0.25, 0.3) is 10.9 Å². The Labute approximate surface area is 119 Å². The summed E-state index contributed by atoms with van der Waals surface area (Å²) in [5.41, 5.74) is 3.20. The third-order valence-electron chi connectivity index (χ3n) is 3.89. The zero-order valence-corrected chi connectivity index (χ0v) is 12.3. The summed E-state index contributed by atoms with van der Waals surface area (Å²) >= 11 is 0. The summed E-state index contributed by atoms with van der Waals surface area (Å²) in [4.78, 5) is 4.42. The Balaban J connectivity index is 1.87. The van der Waals surface area contributed by atoms with Gasteiger partial charge in [-0.1, -0.05) is 6.07 Å². The van der Waals surface area contributed by atoms with E-state index in [0.29, 0.717) is 12.8 Å². The molecule has 0 aliphatic carbocycles. The van der Waals surface area contributed by atoms with E-state index in [0.717, 1.165) is 22.2 Å². The zero-order chi connectivity index (χ0) is 14.2. The van der Waals surface area contributed by atoms with Gasteiger partial charge in [0.15, 0.2) is 0 Å². The number of nitrogens with one attached hydrogen (secondary N) is 1. The predicted molar refractivity (Wildman–Crippen MR) is 81.8 cm³/mol. The molecule has 1 aromatic carbocycles. The molecular formula is C15H18N2O2S. The minimum absolute atomic E-state index is 0.227. The van der Waals surface area contributed by atoms with E-state index in [9.17, 15) is 8.42 Å². The molecule has 2 aromatic rings. The number of nitrogens with zero attached hydrogens (tertiary/aromatic N) is 1. The van der Waals surface area contributed by atoms with Crippen molar-refractivity contribution in [1.82, 2.24) is 4.98 Å². The van der Waals surface area contributed by atoms with Gasteiger partial charge in [0.2, 0.25) is 0 Å². The van der Waals surface area contributed by atoms with E-state index >= 15 is 0 Å². The molecule has 3 rings (SSSR count). The molecule has 1 saturated heterocycles. The van der Waals surface area contributed by atoms with Crippen molar-refractivity contribution in [3.63, 3.8) is 0 Å². The summed E-state index contributed by atoms with van der Waals surface area (Å²) < 4.78 is 22.9. The van der Waals surface area contributed by atoms with Crippen LogP contribution in [-0.2, 0) is 9.84 Å². The van der Waals surface area contributed by atoms with Crippen LogP contribution >= 0.6 is 0 Å². The number of aromatic nitrogens is 1. The molecular weight excluding hydrogens is 272 g/mol. The van der Waals surface area contributed by atoms with Crippen molar-refractivity contribution >= 4 is 26.4 Å². The number of sulfone groups is 1. The second-order valence-corrected chi connectivity index (χ2v) is 7.70. The lowest BCUT2D eigenvalue weighted by atomic mass is 10.1. The van der Waals surface area contributed by atoms with Crippen LogP contribution in [0.3, 0.4) is 0 Å². The molecule has 2 heterocycles. The topological polar surface area (TPSA) is 59.1 Å². The third-order valence-corrected chi connectivity index (χ3v) is 5.60. The summed E-state index contributed by atoms with van der Waals surface area (Å²) in [6.07, 6.45) is 3.15. The highest BCUT2D eigenvalue weighted by Crippen LogP contribution is 2.27. The minimum atomic E-state index is -2.81. The van der Waals surface area contributed by atoms with Crippen LogP contribution in [0.2, 0.25) is 0 Å². The van der Waals surface area contributed by atoms with Crippen molar-refractivity contribution in [2.75, 3.05) is 16.8 Å². The fourth-order valence-corrected chi connectivity index (χ4v) is 4.19. The van der Waals surface area contributed by atoms with E-state index in [2.05, 4.69) is 28.5 Å². The largest absolute Gasteiger partial charge is 0.382 e. The molecule has 1 fully saturated rings. The van der Waals surface area contributed by atoms with Crippen molar-refractivity contribution in [3.8, 4) is 0 Å². The third kappa shape index (κ3) is 2.63. The van der Waals surface area contributed by atoms with Gasteiger partial charge in [0.25, 0.3) is 0 Å². The Morgan fingerprint density at radius 2 is 1.95 bits per heavy atom. The van der Waals surface area contributed by atoms with Gasteiger partial charge >= 0.3 is 0 Å². The maximum atomic E-state index is 11.5. The first-order valence-electron chi connectivity index (χ1n) is 6.86. The van der Waals surface area contributed by atoms with Crippen LogP contribution in [0.4, 0.5) is 5.69 Å². The summed E-state index contributed by atoms with van der Waals surface area (Å²) in [6, 6.07) is 8.32. The summed E-state index contributed by atoms with van der Waals surface area (Å²) in [5, 5.41) is 4.58. The van der Waals surface area contributed by atoms with Crippen LogP contribution in [0.15, 0.2) is 30.5 Å². The van der Waals surface area contributed by atoms with E-state index in [-0.39, 0.29) is 17.5 Å².